The first kappa shape index (κ1) is 13.5. The van der Waals surface area contributed by atoms with E-state index in [-0.39, 0.29) is 11.3 Å². The van der Waals surface area contributed by atoms with Gasteiger partial charge in [0.2, 0.25) is 6.10 Å². The third-order valence-corrected chi connectivity index (χ3v) is 2.62. The molecule has 1 radical (unpaired) electrons. The van der Waals surface area contributed by atoms with Gasteiger partial charge < -0.3 is 4.74 Å². The number of para-hydroxylation sites is 1. The van der Waals surface area contributed by atoms with Crippen molar-refractivity contribution >= 4 is 0 Å². The average molecular weight is 265 g/mol. The van der Waals surface area contributed by atoms with Crippen molar-refractivity contribution in [2.24, 2.45) is 0 Å². The largest absolute Gasteiger partial charge is 0.476 e. The first-order chi connectivity index (χ1) is 8.98. The summed E-state index contributed by atoms with van der Waals surface area (Å²) < 4.78 is 44.3. The Hall–Kier alpha value is -1.97. The molecule has 99 valence electrons. The number of halogens is 3. The lowest BCUT2D eigenvalue weighted by Crippen LogP contribution is -2.26. The van der Waals surface area contributed by atoms with Gasteiger partial charge in [-0.15, -0.1) is 0 Å². The summed E-state index contributed by atoms with van der Waals surface area (Å²) in [5, 5.41) is 0. The fourth-order valence-electron chi connectivity index (χ4n) is 1.70. The lowest BCUT2D eigenvalue weighted by Gasteiger charge is -2.23. The fourth-order valence-corrected chi connectivity index (χ4v) is 1.70. The number of ether oxygens (including phenoxy) is 1. The van der Waals surface area contributed by atoms with Crippen molar-refractivity contribution in [2.75, 3.05) is 0 Å². The highest BCUT2D eigenvalue weighted by atomic mass is 19.4. The van der Waals surface area contributed by atoms with E-state index in [1.165, 1.54) is 18.2 Å². The maximum absolute atomic E-state index is 13.1. The van der Waals surface area contributed by atoms with Crippen molar-refractivity contribution in [2.45, 2.75) is 12.3 Å². The van der Waals surface area contributed by atoms with Gasteiger partial charge in [0.25, 0.3) is 0 Å². The summed E-state index contributed by atoms with van der Waals surface area (Å²) in [5.41, 5.74) is 0.492. The maximum Gasteiger partial charge on any atom is 0.429 e. The maximum atomic E-state index is 13.1. The third-order valence-electron chi connectivity index (χ3n) is 2.62. The minimum atomic E-state index is -4.48. The number of hydrogen-bond acceptors (Lipinski definition) is 1. The average Bonchev–Trinajstić information content (AvgIpc) is 2.37. The summed E-state index contributed by atoms with van der Waals surface area (Å²) in [6.07, 6.45) is -6.47. The molecule has 1 nitrogen and oxygen atoms in total. The van der Waals surface area contributed by atoms with Crippen LogP contribution < -0.4 is 4.74 Å². The zero-order chi connectivity index (χ0) is 13.9. The topological polar surface area (TPSA) is 9.23 Å². The monoisotopic (exact) mass is 265 g/mol. The van der Waals surface area contributed by atoms with Crippen molar-refractivity contribution in [3.05, 3.63) is 72.6 Å². The van der Waals surface area contributed by atoms with Crippen molar-refractivity contribution in [1.29, 1.82) is 0 Å². The van der Waals surface area contributed by atoms with Crippen LogP contribution in [0.4, 0.5) is 13.2 Å². The number of hydrogen-bond donors (Lipinski definition) is 0. The fraction of sp³-hybridized carbons (Fsp3) is 0.133. The van der Waals surface area contributed by atoms with Crippen molar-refractivity contribution in [1.82, 2.24) is 0 Å². The van der Waals surface area contributed by atoms with Crippen LogP contribution in [0.25, 0.3) is 0 Å². The summed E-state index contributed by atoms with van der Waals surface area (Å²) in [6.45, 7) is 3.66. The van der Waals surface area contributed by atoms with E-state index in [0.717, 1.165) is 0 Å². The minimum absolute atomic E-state index is 0.0678. The molecule has 0 aliphatic rings. The second-order valence-corrected chi connectivity index (χ2v) is 4.06. The van der Waals surface area contributed by atoms with Gasteiger partial charge in [0.1, 0.15) is 5.75 Å². The molecule has 0 aromatic heterocycles. The molecule has 0 bridgehead atoms. The molecule has 0 amide bonds. The molecule has 4 heteroatoms. The van der Waals surface area contributed by atoms with Crippen molar-refractivity contribution in [3.63, 3.8) is 0 Å². The molecule has 2 aromatic rings. The van der Waals surface area contributed by atoms with E-state index in [1.54, 1.807) is 36.4 Å². The summed E-state index contributed by atoms with van der Waals surface area (Å²) >= 11 is 0. The zero-order valence-corrected chi connectivity index (χ0v) is 10.0. The van der Waals surface area contributed by atoms with E-state index in [4.69, 9.17) is 4.74 Å². The Balaban J connectivity index is 2.33. The highest BCUT2D eigenvalue weighted by Gasteiger charge is 2.43. The van der Waals surface area contributed by atoms with Gasteiger partial charge in [-0.05, 0) is 18.6 Å². The predicted octanol–water partition coefficient (Wildman–Crippen LogP) is 4.55. The molecule has 1 atom stereocenters. The molecule has 2 rings (SSSR count). The molecule has 0 fully saturated rings. The lowest BCUT2D eigenvalue weighted by molar-refractivity contribution is -0.198. The van der Waals surface area contributed by atoms with Crippen LogP contribution in [-0.4, -0.2) is 6.18 Å². The molecule has 0 aliphatic heterocycles. The summed E-state index contributed by atoms with van der Waals surface area (Å²) in [5.74, 6) is 0.133. The SMILES string of the molecule is [CH2]c1ccccc1OC(c1ccccc1)C(F)(F)F. The molecule has 0 N–H and O–H groups in total. The molecule has 0 saturated heterocycles. The van der Waals surface area contributed by atoms with Crippen LogP contribution in [0.5, 0.6) is 5.75 Å². The van der Waals surface area contributed by atoms with Crippen LogP contribution in [0.1, 0.15) is 17.2 Å². The Morgan fingerprint density at radius 3 is 2.05 bits per heavy atom. The van der Waals surface area contributed by atoms with Crippen molar-refractivity contribution < 1.29 is 17.9 Å². The summed E-state index contributed by atoms with van der Waals surface area (Å²) in [6, 6.07) is 13.9. The Morgan fingerprint density at radius 2 is 1.47 bits per heavy atom. The Labute approximate surface area is 109 Å². The van der Waals surface area contributed by atoms with Gasteiger partial charge in [0, 0.05) is 5.56 Å². The molecule has 0 spiro atoms. The molecule has 0 saturated carbocycles. The Bertz CT molecular complexity index is 535. The first-order valence-electron chi connectivity index (χ1n) is 5.68. The van der Waals surface area contributed by atoms with Gasteiger partial charge in [-0.3, -0.25) is 0 Å². The zero-order valence-electron chi connectivity index (χ0n) is 10.0. The molecular formula is C15H12F3O. The highest BCUT2D eigenvalue weighted by molar-refractivity contribution is 5.36. The second-order valence-electron chi connectivity index (χ2n) is 4.06. The van der Waals surface area contributed by atoms with Crippen LogP contribution in [0.2, 0.25) is 0 Å². The van der Waals surface area contributed by atoms with E-state index in [2.05, 4.69) is 6.92 Å². The standard InChI is InChI=1S/C15H12F3O/c1-11-7-5-6-10-13(11)19-14(15(16,17)18)12-8-3-2-4-9-12/h2-10,14H,1H2. The number of alkyl halides is 3. The Morgan fingerprint density at radius 1 is 0.895 bits per heavy atom. The highest BCUT2D eigenvalue weighted by Crippen LogP contribution is 2.37. The predicted molar refractivity (Wildman–Crippen MR) is 66.8 cm³/mol. The molecule has 1 unspecified atom stereocenters. The van der Waals surface area contributed by atoms with E-state index < -0.39 is 12.3 Å². The van der Waals surface area contributed by atoms with Crippen LogP contribution in [0.15, 0.2) is 54.6 Å². The van der Waals surface area contributed by atoms with Gasteiger partial charge in [-0.25, -0.2) is 0 Å². The van der Waals surface area contributed by atoms with Gasteiger partial charge in [0.15, 0.2) is 0 Å². The molecule has 2 aromatic carbocycles. The molecule has 19 heavy (non-hydrogen) atoms. The minimum Gasteiger partial charge on any atom is -0.476 e. The van der Waals surface area contributed by atoms with Crippen LogP contribution in [-0.2, 0) is 0 Å². The van der Waals surface area contributed by atoms with E-state index in [0.29, 0.717) is 5.56 Å². The number of benzene rings is 2. The van der Waals surface area contributed by atoms with E-state index in [1.807, 2.05) is 0 Å². The first-order valence-corrected chi connectivity index (χ1v) is 5.68. The van der Waals surface area contributed by atoms with Crippen LogP contribution >= 0.6 is 0 Å². The van der Waals surface area contributed by atoms with Crippen LogP contribution in [0.3, 0.4) is 0 Å². The Kier molecular flexibility index (Phi) is 3.79. The smallest absolute Gasteiger partial charge is 0.429 e. The molecule has 0 heterocycles. The van der Waals surface area contributed by atoms with Gasteiger partial charge in [-0.2, -0.15) is 13.2 Å². The van der Waals surface area contributed by atoms with Gasteiger partial charge >= 0.3 is 6.18 Å². The third kappa shape index (κ3) is 3.28. The van der Waals surface area contributed by atoms with E-state index >= 15 is 0 Å². The normalized spacial score (nSPS) is 13.1. The number of rotatable bonds is 3. The van der Waals surface area contributed by atoms with Gasteiger partial charge in [-0.1, -0.05) is 48.5 Å². The van der Waals surface area contributed by atoms with Crippen LogP contribution in [0, 0.1) is 6.92 Å². The van der Waals surface area contributed by atoms with E-state index in [9.17, 15) is 13.2 Å². The molecule has 0 aliphatic carbocycles. The van der Waals surface area contributed by atoms with Gasteiger partial charge in [0.05, 0.1) is 0 Å². The second kappa shape index (κ2) is 5.34. The quantitative estimate of drug-likeness (QED) is 0.791. The lowest BCUT2D eigenvalue weighted by atomic mass is 10.1. The summed E-state index contributed by atoms with van der Waals surface area (Å²) in [4.78, 5) is 0. The molecular weight excluding hydrogens is 253 g/mol. The summed E-state index contributed by atoms with van der Waals surface area (Å²) in [7, 11) is 0. The van der Waals surface area contributed by atoms with Crippen molar-refractivity contribution in [3.8, 4) is 5.75 Å².